The minimum atomic E-state index is -0.198. The minimum absolute atomic E-state index is 0.0212. The van der Waals surface area contributed by atoms with Gasteiger partial charge < -0.3 is 9.64 Å². The zero-order valence-electron chi connectivity index (χ0n) is 9.72. The molecular weight excluding hydrogens is 202 g/mol. The average molecular weight is 219 g/mol. The third-order valence-electron chi connectivity index (χ3n) is 2.75. The molecule has 0 aliphatic carbocycles. The van der Waals surface area contributed by atoms with Crippen LogP contribution in [-0.2, 0) is 9.53 Å². The van der Waals surface area contributed by atoms with E-state index in [1.165, 1.54) is 0 Å². The van der Waals surface area contributed by atoms with Crippen LogP contribution in [-0.4, -0.2) is 24.0 Å². The summed E-state index contributed by atoms with van der Waals surface area (Å²) in [6, 6.07) is 9.89. The van der Waals surface area contributed by atoms with Crippen LogP contribution >= 0.6 is 0 Å². The first-order valence-electron chi connectivity index (χ1n) is 5.67. The van der Waals surface area contributed by atoms with Crippen LogP contribution in [0.5, 0.6) is 0 Å². The van der Waals surface area contributed by atoms with Gasteiger partial charge in [0.2, 0.25) is 5.91 Å². The highest BCUT2D eigenvalue weighted by Gasteiger charge is 2.31. The molecule has 1 saturated heterocycles. The zero-order chi connectivity index (χ0) is 11.5. The van der Waals surface area contributed by atoms with Crippen molar-refractivity contribution in [3.8, 4) is 0 Å². The summed E-state index contributed by atoms with van der Waals surface area (Å²) in [5, 5.41) is 0. The van der Waals surface area contributed by atoms with E-state index < -0.39 is 0 Å². The maximum Gasteiger partial charge on any atom is 0.227 e. The Morgan fingerprint density at radius 2 is 2.06 bits per heavy atom. The van der Waals surface area contributed by atoms with Gasteiger partial charge in [-0.3, -0.25) is 4.79 Å². The van der Waals surface area contributed by atoms with E-state index in [-0.39, 0.29) is 18.1 Å². The summed E-state index contributed by atoms with van der Waals surface area (Å²) >= 11 is 0. The second kappa shape index (κ2) is 4.66. The fourth-order valence-electron chi connectivity index (χ4n) is 1.92. The Hall–Kier alpha value is -1.35. The molecule has 1 aliphatic heterocycles. The second-order valence-electron chi connectivity index (χ2n) is 4.32. The molecule has 1 fully saturated rings. The van der Waals surface area contributed by atoms with Gasteiger partial charge in [0.1, 0.15) is 0 Å². The summed E-state index contributed by atoms with van der Waals surface area (Å²) < 4.78 is 5.63. The van der Waals surface area contributed by atoms with E-state index in [0.29, 0.717) is 13.2 Å². The summed E-state index contributed by atoms with van der Waals surface area (Å²) in [6.07, 6.45) is -0.198. The summed E-state index contributed by atoms with van der Waals surface area (Å²) in [6.45, 7) is 5.15. The molecule has 0 N–H and O–H groups in total. The van der Waals surface area contributed by atoms with Crippen LogP contribution in [0.25, 0.3) is 0 Å². The lowest BCUT2D eigenvalue weighted by molar-refractivity contribution is -0.139. The van der Waals surface area contributed by atoms with Gasteiger partial charge in [0.15, 0.2) is 6.23 Å². The number of carbonyl (C=O) groups excluding carboxylic acids is 1. The summed E-state index contributed by atoms with van der Waals surface area (Å²) in [7, 11) is 0. The van der Waals surface area contributed by atoms with E-state index in [1.807, 2.05) is 49.1 Å². The summed E-state index contributed by atoms with van der Waals surface area (Å²) in [5.74, 6) is 0.180. The normalized spacial score (nSPS) is 20.4. The molecule has 16 heavy (non-hydrogen) atoms. The van der Waals surface area contributed by atoms with Crippen LogP contribution in [0.2, 0.25) is 0 Å². The number of rotatable bonds is 2. The number of benzene rings is 1. The van der Waals surface area contributed by atoms with E-state index in [9.17, 15) is 4.79 Å². The Morgan fingerprint density at radius 3 is 2.69 bits per heavy atom. The van der Waals surface area contributed by atoms with Crippen LogP contribution in [0, 0.1) is 5.92 Å². The molecule has 3 heteroatoms. The first kappa shape index (κ1) is 11.1. The Balaban J connectivity index is 2.19. The number of ether oxygens (including phenoxy) is 1. The van der Waals surface area contributed by atoms with Crippen molar-refractivity contribution < 1.29 is 9.53 Å². The molecule has 1 atom stereocenters. The first-order chi connectivity index (χ1) is 7.70. The fraction of sp³-hybridized carbons (Fsp3) is 0.462. The summed E-state index contributed by atoms with van der Waals surface area (Å²) in [5.41, 5.74) is 1.05. The molecule has 0 saturated carbocycles. The lowest BCUT2D eigenvalue weighted by Gasteiger charge is -2.25. The van der Waals surface area contributed by atoms with Gasteiger partial charge in [-0.05, 0) is 0 Å². The van der Waals surface area contributed by atoms with Crippen molar-refractivity contribution in [1.29, 1.82) is 0 Å². The number of hydrogen-bond acceptors (Lipinski definition) is 2. The average Bonchev–Trinajstić information content (AvgIpc) is 2.77. The zero-order valence-corrected chi connectivity index (χ0v) is 9.72. The largest absolute Gasteiger partial charge is 0.352 e. The number of amides is 1. The summed E-state index contributed by atoms with van der Waals surface area (Å²) in [4.78, 5) is 13.8. The SMILES string of the molecule is CC(C)C(=O)N1CCOC1c1ccccc1. The molecule has 1 amide bonds. The molecule has 0 aromatic heterocycles. The maximum atomic E-state index is 12.0. The molecule has 1 heterocycles. The Bertz CT molecular complexity index is 361. The minimum Gasteiger partial charge on any atom is -0.352 e. The van der Waals surface area contributed by atoms with Gasteiger partial charge >= 0.3 is 0 Å². The van der Waals surface area contributed by atoms with Crippen molar-refractivity contribution in [2.24, 2.45) is 5.92 Å². The topological polar surface area (TPSA) is 29.5 Å². The molecular formula is C13H17NO2. The van der Waals surface area contributed by atoms with Gasteiger partial charge in [-0.2, -0.15) is 0 Å². The van der Waals surface area contributed by atoms with Crippen LogP contribution in [0.4, 0.5) is 0 Å². The van der Waals surface area contributed by atoms with Crippen molar-refractivity contribution in [2.45, 2.75) is 20.1 Å². The van der Waals surface area contributed by atoms with Crippen molar-refractivity contribution in [3.05, 3.63) is 35.9 Å². The Morgan fingerprint density at radius 1 is 1.38 bits per heavy atom. The number of hydrogen-bond donors (Lipinski definition) is 0. The van der Waals surface area contributed by atoms with Crippen LogP contribution in [0.3, 0.4) is 0 Å². The van der Waals surface area contributed by atoms with E-state index in [1.54, 1.807) is 0 Å². The van der Waals surface area contributed by atoms with Crippen molar-refractivity contribution >= 4 is 5.91 Å². The van der Waals surface area contributed by atoms with E-state index in [2.05, 4.69) is 0 Å². The molecule has 1 aliphatic rings. The maximum absolute atomic E-state index is 12.0. The van der Waals surface area contributed by atoms with Crippen LogP contribution in [0.1, 0.15) is 25.6 Å². The quantitative estimate of drug-likeness (QED) is 0.763. The Kier molecular flexibility index (Phi) is 3.25. The van der Waals surface area contributed by atoms with Gasteiger partial charge in [-0.25, -0.2) is 0 Å². The lowest BCUT2D eigenvalue weighted by Crippen LogP contribution is -2.34. The fourth-order valence-corrected chi connectivity index (χ4v) is 1.92. The molecule has 1 aromatic rings. The van der Waals surface area contributed by atoms with Gasteiger partial charge in [-0.1, -0.05) is 44.2 Å². The van der Waals surface area contributed by atoms with Gasteiger partial charge in [0.25, 0.3) is 0 Å². The smallest absolute Gasteiger partial charge is 0.227 e. The van der Waals surface area contributed by atoms with Crippen LogP contribution < -0.4 is 0 Å². The molecule has 0 bridgehead atoms. The first-order valence-corrected chi connectivity index (χ1v) is 5.67. The molecule has 1 aromatic carbocycles. The second-order valence-corrected chi connectivity index (χ2v) is 4.32. The highest BCUT2D eigenvalue weighted by molar-refractivity contribution is 5.78. The van der Waals surface area contributed by atoms with Crippen molar-refractivity contribution in [2.75, 3.05) is 13.2 Å². The predicted molar refractivity (Wildman–Crippen MR) is 61.7 cm³/mol. The lowest BCUT2D eigenvalue weighted by atomic mass is 10.1. The molecule has 0 spiro atoms. The highest BCUT2D eigenvalue weighted by Crippen LogP contribution is 2.27. The molecule has 1 unspecified atom stereocenters. The van der Waals surface area contributed by atoms with Crippen molar-refractivity contribution in [1.82, 2.24) is 4.90 Å². The predicted octanol–water partition coefficient (Wildman–Crippen LogP) is 2.20. The van der Waals surface area contributed by atoms with Crippen LogP contribution in [0.15, 0.2) is 30.3 Å². The molecule has 86 valence electrons. The Labute approximate surface area is 96.0 Å². The standard InChI is InChI=1S/C13H17NO2/c1-10(2)12(15)14-8-9-16-13(14)11-6-4-3-5-7-11/h3-7,10,13H,8-9H2,1-2H3. The van der Waals surface area contributed by atoms with E-state index >= 15 is 0 Å². The van der Waals surface area contributed by atoms with Crippen molar-refractivity contribution in [3.63, 3.8) is 0 Å². The number of carbonyl (C=O) groups is 1. The third kappa shape index (κ3) is 2.09. The van der Waals surface area contributed by atoms with Gasteiger partial charge in [-0.15, -0.1) is 0 Å². The van der Waals surface area contributed by atoms with E-state index in [0.717, 1.165) is 5.56 Å². The number of nitrogens with zero attached hydrogens (tertiary/aromatic N) is 1. The third-order valence-corrected chi connectivity index (χ3v) is 2.75. The van der Waals surface area contributed by atoms with Gasteiger partial charge in [0.05, 0.1) is 6.61 Å². The van der Waals surface area contributed by atoms with Gasteiger partial charge in [0, 0.05) is 18.0 Å². The highest BCUT2D eigenvalue weighted by atomic mass is 16.5. The molecule has 3 nitrogen and oxygen atoms in total. The molecule has 2 rings (SSSR count). The van der Waals surface area contributed by atoms with E-state index in [4.69, 9.17) is 4.74 Å². The monoisotopic (exact) mass is 219 g/mol. The molecule has 0 radical (unpaired) electrons.